The van der Waals surface area contributed by atoms with Crippen molar-refractivity contribution in [3.8, 4) is 0 Å². The summed E-state index contributed by atoms with van der Waals surface area (Å²) in [6.45, 7) is -0.104. The first kappa shape index (κ1) is 13.0. The molecule has 0 aromatic rings. The molecular weight excluding hydrogens is 251 g/mol. The Balaban J connectivity index is 1.56. The molecule has 4 aliphatic carbocycles. The molecule has 0 radical (unpaired) electrons. The van der Waals surface area contributed by atoms with Crippen molar-refractivity contribution >= 4 is 5.78 Å². The van der Waals surface area contributed by atoms with Crippen molar-refractivity contribution in [2.24, 2.45) is 35.5 Å². The summed E-state index contributed by atoms with van der Waals surface area (Å²) in [4.78, 5) is 11.6. The summed E-state index contributed by atoms with van der Waals surface area (Å²) in [5, 5.41) is 0. The summed E-state index contributed by atoms with van der Waals surface area (Å²) in [5.74, 6) is 4.65. The Hall–Kier alpha value is -0.660. The van der Waals surface area contributed by atoms with Crippen LogP contribution >= 0.6 is 0 Å². The second-order valence-corrected chi connectivity index (χ2v) is 7.69. The molecule has 0 aromatic carbocycles. The van der Waals surface area contributed by atoms with Crippen LogP contribution in [0.25, 0.3) is 0 Å². The minimum atomic E-state index is -0.104. The normalized spacial score (nSPS) is 47.2. The van der Waals surface area contributed by atoms with E-state index >= 15 is 0 Å². The molecule has 3 fully saturated rings. The summed E-state index contributed by atoms with van der Waals surface area (Å²) in [6.07, 6.45) is 11.2. The number of allylic oxidation sites excluding steroid dienone is 1. The van der Waals surface area contributed by atoms with Crippen molar-refractivity contribution in [2.45, 2.75) is 51.4 Å². The van der Waals surface area contributed by atoms with Gasteiger partial charge in [-0.3, -0.25) is 9.18 Å². The average molecular weight is 276 g/mol. The highest BCUT2D eigenvalue weighted by molar-refractivity contribution is 5.91. The standard InChI is InChI=1S/C18H25FO/c19-10-11-7-12-1-4-16-15-6-3-14(20)9-13(15)2-5-17(16)18(12)8-11/h9,11-12,15-18H,1-8,10H2/t11?,12-,15+,16-,17-,18-/m1/s1. The second-order valence-electron chi connectivity index (χ2n) is 7.69. The van der Waals surface area contributed by atoms with Gasteiger partial charge in [0.05, 0.1) is 6.67 Å². The number of hydrogen-bond acceptors (Lipinski definition) is 1. The fraction of sp³-hybridized carbons (Fsp3) is 0.833. The SMILES string of the molecule is O=C1C=C2CC[C@H]3[C@@H]4CC(CF)C[C@H]4CC[C@@H]3[C@H]2CC1. The fourth-order valence-corrected chi connectivity index (χ4v) is 6.07. The molecule has 1 unspecified atom stereocenters. The van der Waals surface area contributed by atoms with Crippen LogP contribution in [0.3, 0.4) is 0 Å². The van der Waals surface area contributed by atoms with Crippen molar-refractivity contribution in [3.05, 3.63) is 11.6 Å². The van der Waals surface area contributed by atoms with Gasteiger partial charge in [0.15, 0.2) is 5.78 Å². The molecule has 4 aliphatic rings. The number of carbonyl (C=O) groups is 1. The molecule has 0 amide bonds. The first-order valence-corrected chi connectivity index (χ1v) is 8.55. The highest BCUT2D eigenvalue weighted by Crippen LogP contribution is 2.57. The van der Waals surface area contributed by atoms with Crippen molar-refractivity contribution in [1.82, 2.24) is 0 Å². The van der Waals surface area contributed by atoms with Crippen molar-refractivity contribution in [1.29, 1.82) is 0 Å². The van der Waals surface area contributed by atoms with Gasteiger partial charge in [-0.2, -0.15) is 0 Å². The molecule has 3 saturated carbocycles. The van der Waals surface area contributed by atoms with Gasteiger partial charge in [-0.1, -0.05) is 5.57 Å². The third kappa shape index (κ3) is 1.98. The number of ketones is 1. The molecule has 20 heavy (non-hydrogen) atoms. The van der Waals surface area contributed by atoms with Crippen LogP contribution in [0, 0.1) is 35.5 Å². The summed E-state index contributed by atoms with van der Waals surface area (Å²) >= 11 is 0. The number of rotatable bonds is 1. The molecular formula is C18H25FO. The van der Waals surface area contributed by atoms with E-state index in [4.69, 9.17) is 0 Å². The quantitative estimate of drug-likeness (QED) is 0.697. The summed E-state index contributed by atoms with van der Waals surface area (Å²) in [7, 11) is 0. The van der Waals surface area contributed by atoms with Gasteiger partial charge in [0, 0.05) is 6.42 Å². The van der Waals surface area contributed by atoms with Crippen LogP contribution in [-0.2, 0) is 4.79 Å². The van der Waals surface area contributed by atoms with Crippen molar-refractivity contribution < 1.29 is 9.18 Å². The lowest BCUT2D eigenvalue weighted by Gasteiger charge is -2.49. The number of alkyl halides is 1. The molecule has 1 nitrogen and oxygen atoms in total. The van der Waals surface area contributed by atoms with Gasteiger partial charge < -0.3 is 0 Å². The van der Waals surface area contributed by atoms with Gasteiger partial charge in [-0.25, -0.2) is 0 Å². The van der Waals surface area contributed by atoms with Gasteiger partial charge in [0.1, 0.15) is 0 Å². The lowest BCUT2D eigenvalue weighted by Crippen LogP contribution is -2.40. The molecule has 0 heterocycles. The third-order valence-electron chi connectivity index (χ3n) is 6.84. The zero-order valence-electron chi connectivity index (χ0n) is 12.2. The number of fused-ring (bicyclic) bond motifs is 5. The maximum Gasteiger partial charge on any atom is 0.155 e. The van der Waals surface area contributed by atoms with E-state index < -0.39 is 0 Å². The highest BCUT2D eigenvalue weighted by Gasteiger charge is 2.49. The number of hydrogen-bond donors (Lipinski definition) is 0. The van der Waals surface area contributed by atoms with E-state index in [0.717, 1.165) is 55.8 Å². The molecule has 0 bridgehead atoms. The van der Waals surface area contributed by atoms with Crippen molar-refractivity contribution in [2.75, 3.05) is 6.67 Å². The predicted octanol–water partition coefficient (Wildman–Crippen LogP) is 4.32. The molecule has 0 saturated heterocycles. The average Bonchev–Trinajstić information content (AvgIpc) is 2.89. The van der Waals surface area contributed by atoms with Crippen LogP contribution in [0.1, 0.15) is 51.4 Å². The van der Waals surface area contributed by atoms with E-state index in [-0.39, 0.29) is 6.67 Å². The molecule has 0 aliphatic heterocycles. The van der Waals surface area contributed by atoms with Crippen LogP contribution in [0.15, 0.2) is 11.6 Å². The Labute approximate surface area is 121 Å². The Kier molecular flexibility index (Phi) is 3.23. The molecule has 0 N–H and O–H groups in total. The lowest BCUT2D eigenvalue weighted by molar-refractivity contribution is -0.115. The monoisotopic (exact) mass is 276 g/mol. The van der Waals surface area contributed by atoms with Crippen LogP contribution in [0.5, 0.6) is 0 Å². The van der Waals surface area contributed by atoms with Crippen molar-refractivity contribution in [3.63, 3.8) is 0 Å². The Morgan fingerprint density at radius 2 is 1.90 bits per heavy atom. The summed E-state index contributed by atoms with van der Waals surface area (Å²) in [5.41, 5.74) is 1.46. The largest absolute Gasteiger partial charge is 0.295 e. The van der Waals surface area contributed by atoms with Gasteiger partial charge in [0.25, 0.3) is 0 Å². The maximum absolute atomic E-state index is 13.0. The first-order chi connectivity index (χ1) is 9.76. The predicted molar refractivity (Wildman–Crippen MR) is 76.9 cm³/mol. The van der Waals surface area contributed by atoms with E-state index in [0.29, 0.717) is 17.6 Å². The fourth-order valence-electron chi connectivity index (χ4n) is 6.07. The van der Waals surface area contributed by atoms with Gasteiger partial charge in [0.2, 0.25) is 0 Å². The highest BCUT2D eigenvalue weighted by atomic mass is 19.1. The minimum absolute atomic E-state index is 0.104. The molecule has 110 valence electrons. The molecule has 6 atom stereocenters. The van der Waals surface area contributed by atoms with E-state index in [1.165, 1.54) is 24.8 Å². The van der Waals surface area contributed by atoms with Gasteiger partial charge >= 0.3 is 0 Å². The minimum Gasteiger partial charge on any atom is -0.295 e. The Morgan fingerprint density at radius 1 is 1.00 bits per heavy atom. The van der Waals surface area contributed by atoms with E-state index in [1.807, 2.05) is 6.08 Å². The van der Waals surface area contributed by atoms with E-state index in [9.17, 15) is 9.18 Å². The smallest absolute Gasteiger partial charge is 0.155 e. The zero-order valence-corrected chi connectivity index (χ0v) is 12.2. The maximum atomic E-state index is 13.0. The van der Waals surface area contributed by atoms with Crippen LogP contribution in [0.2, 0.25) is 0 Å². The van der Waals surface area contributed by atoms with Crippen LogP contribution < -0.4 is 0 Å². The molecule has 0 aromatic heterocycles. The first-order valence-electron chi connectivity index (χ1n) is 8.55. The van der Waals surface area contributed by atoms with Gasteiger partial charge in [-0.15, -0.1) is 0 Å². The Morgan fingerprint density at radius 3 is 2.75 bits per heavy atom. The summed E-state index contributed by atoms with van der Waals surface area (Å²) in [6, 6.07) is 0. The summed E-state index contributed by atoms with van der Waals surface area (Å²) < 4.78 is 13.0. The van der Waals surface area contributed by atoms with E-state index in [2.05, 4.69) is 0 Å². The van der Waals surface area contributed by atoms with Crippen LogP contribution in [0.4, 0.5) is 4.39 Å². The second kappa shape index (κ2) is 4.96. The third-order valence-corrected chi connectivity index (χ3v) is 6.84. The number of carbonyl (C=O) groups excluding carboxylic acids is 1. The molecule has 2 heteroatoms. The molecule has 0 spiro atoms. The number of halogens is 1. The Bertz CT molecular complexity index is 441. The lowest BCUT2D eigenvalue weighted by atomic mass is 9.56. The van der Waals surface area contributed by atoms with E-state index in [1.54, 1.807) is 0 Å². The topological polar surface area (TPSA) is 17.1 Å². The van der Waals surface area contributed by atoms with Gasteiger partial charge in [-0.05, 0) is 86.5 Å². The zero-order chi connectivity index (χ0) is 13.7. The molecule has 4 rings (SSSR count). The van der Waals surface area contributed by atoms with Crippen LogP contribution in [-0.4, -0.2) is 12.5 Å².